The Labute approximate surface area is 140 Å². The number of amides is 1. The molecule has 6 nitrogen and oxygen atoms in total. The highest BCUT2D eigenvalue weighted by atomic mass is 32.2. The van der Waals surface area contributed by atoms with Crippen molar-refractivity contribution in [3.63, 3.8) is 0 Å². The molecule has 2 aromatic rings. The zero-order valence-corrected chi connectivity index (χ0v) is 14.5. The summed E-state index contributed by atoms with van der Waals surface area (Å²) in [5, 5.41) is 15.4. The third-order valence-electron chi connectivity index (χ3n) is 3.99. The van der Waals surface area contributed by atoms with Crippen LogP contribution in [0, 0.1) is 20.8 Å². The number of tetrazole rings is 1. The van der Waals surface area contributed by atoms with Crippen LogP contribution in [-0.2, 0) is 11.3 Å². The molecule has 1 N–H and O–H groups in total. The van der Waals surface area contributed by atoms with Gasteiger partial charge in [0, 0.05) is 6.54 Å². The molecule has 122 valence electrons. The van der Waals surface area contributed by atoms with E-state index in [-0.39, 0.29) is 5.91 Å². The highest BCUT2D eigenvalue weighted by molar-refractivity contribution is 7.99. The quantitative estimate of drug-likeness (QED) is 0.823. The van der Waals surface area contributed by atoms with Crippen molar-refractivity contribution in [2.45, 2.75) is 51.4 Å². The summed E-state index contributed by atoms with van der Waals surface area (Å²) >= 11 is 1.39. The summed E-state index contributed by atoms with van der Waals surface area (Å²) < 4.78 is 1.83. The van der Waals surface area contributed by atoms with Gasteiger partial charge in [-0.15, -0.1) is 5.10 Å². The van der Waals surface area contributed by atoms with Crippen molar-refractivity contribution in [1.82, 2.24) is 25.5 Å². The molecule has 23 heavy (non-hydrogen) atoms. The molecule has 0 radical (unpaired) electrons. The van der Waals surface area contributed by atoms with Gasteiger partial charge in [-0.2, -0.15) is 0 Å². The molecule has 1 aromatic carbocycles. The first-order valence-corrected chi connectivity index (χ1v) is 8.77. The maximum absolute atomic E-state index is 12.1. The molecule has 0 saturated heterocycles. The Kier molecular flexibility index (Phi) is 4.66. The van der Waals surface area contributed by atoms with Crippen LogP contribution in [0.2, 0.25) is 0 Å². The van der Waals surface area contributed by atoms with Crippen LogP contribution in [0.4, 0.5) is 0 Å². The van der Waals surface area contributed by atoms with E-state index in [1.807, 2.05) is 4.68 Å². The van der Waals surface area contributed by atoms with Gasteiger partial charge in [0.25, 0.3) is 0 Å². The van der Waals surface area contributed by atoms with Crippen LogP contribution < -0.4 is 5.32 Å². The summed E-state index contributed by atoms with van der Waals surface area (Å²) in [5.74, 6) is 0.330. The van der Waals surface area contributed by atoms with Gasteiger partial charge in [0.2, 0.25) is 11.1 Å². The lowest BCUT2D eigenvalue weighted by molar-refractivity contribution is -0.118. The SMILES string of the molecule is Cc1cc(C)c(CNC(=O)CSc2nnnn2C2CC2)c(C)c1. The molecule has 0 spiro atoms. The molecule has 0 aliphatic heterocycles. The number of thioether (sulfide) groups is 1. The van der Waals surface area contributed by atoms with Gasteiger partial charge in [-0.25, -0.2) is 4.68 Å². The fourth-order valence-corrected chi connectivity index (χ4v) is 3.46. The van der Waals surface area contributed by atoms with E-state index in [2.05, 4.69) is 53.7 Å². The monoisotopic (exact) mass is 331 g/mol. The maximum Gasteiger partial charge on any atom is 0.230 e. The first kappa shape index (κ1) is 16.0. The van der Waals surface area contributed by atoms with Crippen LogP contribution in [0.1, 0.15) is 41.1 Å². The van der Waals surface area contributed by atoms with Crippen LogP contribution in [0.3, 0.4) is 0 Å². The average Bonchev–Trinajstić information content (AvgIpc) is 3.22. The van der Waals surface area contributed by atoms with Gasteiger partial charge in [-0.3, -0.25) is 4.79 Å². The lowest BCUT2D eigenvalue weighted by atomic mass is 10.00. The van der Waals surface area contributed by atoms with Gasteiger partial charge in [0.15, 0.2) is 0 Å². The Bertz CT molecular complexity index is 700. The third kappa shape index (κ3) is 3.90. The van der Waals surface area contributed by atoms with E-state index in [1.54, 1.807) is 0 Å². The standard InChI is InChI=1S/C16H21N5OS/c1-10-6-11(2)14(12(3)7-10)8-17-15(22)9-23-16-18-19-20-21(16)13-4-5-13/h6-7,13H,4-5,8-9H2,1-3H3,(H,17,22). The molecule has 0 atom stereocenters. The molecule has 1 fully saturated rings. The minimum Gasteiger partial charge on any atom is -0.351 e. The van der Waals surface area contributed by atoms with E-state index in [0.29, 0.717) is 18.3 Å². The second kappa shape index (κ2) is 6.70. The van der Waals surface area contributed by atoms with Crippen LogP contribution in [0.25, 0.3) is 0 Å². The first-order chi connectivity index (χ1) is 11.0. The molecule has 7 heteroatoms. The summed E-state index contributed by atoms with van der Waals surface area (Å²) in [5.41, 5.74) is 4.87. The Morgan fingerprint density at radius 3 is 2.65 bits per heavy atom. The molecule has 1 aromatic heterocycles. The van der Waals surface area contributed by atoms with Gasteiger partial charge in [-0.1, -0.05) is 29.5 Å². The minimum absolute atomic E-state index is 0.000257. The summed E-state index contributed by atoms with van der Waals surface area (Å²) in [6.45, 7) is 6.81. The minimum atomic E-state index is -0.000257. The summed E-state index contributed by atoms with van der Waals surface area (Å²) in [7, 11) is 0. The van der Waals surface area contributed by atoms with Gasteiger partial charge in [-0.05, 0) is 60.7 Å². The van der Waals surface area contributed by atoms with Crippen molar-refractivity contribution in [2.75, 3.05) is 5.75 Å². The second-order valence-corrected chi connectivity index (χ2v) is 7.02. The van der Waals surface area contributed by atoms with Gasteiger partial charge < -0.3 is 5.32 Å². The number of carbonyl (C=O) groups excluding carboxylic acids is 1. The Morgan fingerprint density at radius 2 is 2.00 bits per heavy atom. The lowest BCUT2D eigenvalue weighted by Gasteiger charge is -2.12. The number of nitrogens with zero attached hydrogens (tertiary/aromatic N) is 4. The molecule has 1 aliphatic carbocycles. The summed E-state index contributed by atoms with van der Waals surface area (Å²) in [4.78, 5) is 12.1. The van der Waals surface area contributed by atoms with Gasteiger partial charge >= 0.3 is 0 Å². The average molecular weight is 331 g/mol. The maximum atomic E-state index is 12.1. The van der Waals surface area contributed by atoms with Crippen molar-refractivity contribution >= 4 is 17.7 Å². The van der Waals surface area contributed by atoms with Crippen molar-refractivity contribution in [3.8, 4) is 0 Å². The number of hydrogen-bond donors (Lipinski definition) is 1. The molecule has 1 heterocycles. The highest BCUT2D eigenvalue weighted by Gasteiger charge is 2.28. The number of hydrogen-bond acceptors (Lipinski definition) is 5. The van der Waals surface area contributed by atoms with Crippen molar-refractivity contribution < 1.29 is 4.79 Å². The third-order valence-corrected chi connectivity index (χ3v) is 4.92. The number of aryl methyl sites for hydroxylation is 3. The molecule has 0 bridgehead atoms. The number of rotatable bonds is 6. The van der Waals surface area contributed by atoms with Crippen molar-refractivity contribution in [1.29, 1.82) is 0 Å². The van der Waals surface area contributed by atoms with Crippen molar-refractivity contribution in [3.05, 3.63) is 34.4 Å². The molecule has 1 amide bonds. The second-order valence-electron chi connectivity index (χ2n) is 6.08. The molecule has 1 aliphatic rings. The van der Waals surface area contributed by atoms with E-state index in [9.17, 15) is 4.79 Å². The van der Waals surface area contributed by atoms with E-state index >= 15 is 0 Å². The summed E-state index contributed by atoms with van der Waals surface area (Å²) in [6, 6.07) is 4.72. The van der Waals surface area contributed by atoms with E-state index in [1.165, 1.54) is 34.0 Å². The molecule has 1 saturated carbocycles. The molecule has 0 unspecified atom stereocenters. The Balaban J connectivity index is 1.53. The first-order valence-electron chi connectivity index (χ1n) is 7.78. The zero-order chi connectivity index (χ0) is 16.4. The number of benzene rings is 1. The molecular formula is C16H21N5OS. The Hall–Kier alpha value is -1.89. The van der Waals surface area contributed by atoms with Gasteiger partial charge in [0.1, 0.15) is 0 Å². The van der Waals surface area contributed by atoms with Gasteiger partial charge in [0.05, 0.1) is 11.8 Å². The topological polar surface area (TPSA) is 72.7 Å². The normalized spacial score (nSPS) is 14.0. The predicted molar refractivity (Wildman–Crippen MR) is 89.3 cm³/mol. The number of carbonyl (C=O) groups is 1. The van der Waals surface area contributed by atoms with Crippen LogP contribution in [0.5, 0.6) is 0 Å². The fraction of sp³-hybridized carbons (Fsp3) is 0.500. The summed E-state index contributed by atoms with van der Waals surface area (Å²) in [6.07, 6.45) is 2.24. The largest absolute Gasteiger partial charge is 0.351 e. The smallest absolute Gasteiger partial charge is 0.230 e. The van der Waals surface area contributed by atoms with E-state index < -0.39 is 0 Å². The Morgan fingerprint density at radius 1 is 1.30 bits per heavy atom. The van der Waals surface area contributed by atoms with E-state index in [0.717, 1.165) is 18.0 Å². The zero-order valence-electron chi connectivity index (χ0n) is 13.7. The van der Waals surface area contributed by atoms with Crippen LogP contribution in [-0.4, -0.2) is 31.9 Å². The predicted octanol–water partition coefficient (Wildman–Crippen LogP) is 2.34. The van der Waals surface area contributed by atoms with Crippen LogP contribution in [0.15, 0.2) is 17.3 Å². The van der Waals surface area contributed by atoms with E-state index in [4.69, 9.17) is 0 Å². The fourth-order valence-electron chi connectivity index (χ4n) is 2.69. The number of nitrogens with one attached hydrogen (secondary N) is 1. The lowest BCUT2D eigenvalue weighted by Crippen LogP contribution is -2.25. The molecular weight excluding hydrogens is 310 g/mol. The number of aromatic nitrogens is 4. The van der Waals surface area contributed by atoms with Crippen molar-refractivity contribution in [2.24, 2.45) is 0 Å². The highest BCUT2D eigenvalue weighted by Crippen LogP contribution is 2.36. The van der Waals surface area contributed by atoms with Crippen LogP contribution >= 0.6 is 11.8 Å². The molecule has 3 rings (SSSR count).